The van der Waals surface area contributed by atoms with Crippen molar-refractivity contribution in [1.82, 2.24) is 0 Å². The lowest BCUT2D eigenvalue weighted by Crippen LogP contribution is -2.13. The van der Waals surface area contributed by atoms with Gasteiger partial charge >= 0.3 is 5.97 Å². The molecule has 1 saturated carbocycles. The lowest BCUT2D eigenvalue weighted by molar-refractivity contribution is 0.0730. The molecule has 2 nitrogen and oxygen atoms in total. The molecule has 0 heterocycles. The van der Waals surface area contributed by atoms with E-state index in [1.54, 1.807) is 6.07 Å². The number of unbranched alkanes of at least 4 members (excludes halogenated alkanes) is 2. The maximum Gasteiger partial charge on any atom is 0.346 e. The van der Waals surface area contributed by atoms with Crippen molar-refractivity contribution < 1.29 is 22.7 Å². The van der Waals surface area contributed by atoms with Crippen LogP contribution in [0.1, 0.15) is 74.2 Å². The van der Waals surface area contributed by atoms with Crippen LogP contribution in [0.5, 0.6) is 5.75 Å². The summed E-state index contributed by atoms with van der Waals surface area (Å²) in [6.45, 7) is 2.23. The van der Waals surface area contributed by atoms with Gasteiger partial charge in [0.15, 0.2) is 11.6 Å². The van der Waals surface area contributed by atoms with E-state index < -0.39 is 23.4 Å². The number of carbonyl (C=O) groups excluding carboxylic acids is 1. The number of esters is 1. The zero-order valence-corrected chi connectivity index (χ0v) is 19.9. The Morgan fingerprint density at radius 1 is 0.943 bits per heavy atom. The highest BCUT2D eigenvalue weighted by Crippen LogP contribution is 2.32. The zero-order chi connectivity index (χ0) is 24.8. The second-order valence-corrected chi connectivity index (χ2v) is 9.31. The van der Waals surface area contributed by atoms with Crippen LogP contribution in [0.15, 0.2) is 48.5 Å². The van der Waals surface area contributed by atoms with E-state index in [4.69, 9.17) is 4.74 Å². The summed E-state index contributed by atoms with van der Waals surface area (Å²) in [7, 11) is 0. The molecule has 0 unspecified atom stereocenters. The molecule has 1 aliphatic rings. The average molecular weight is 479 g/mol. The van der Waals surface area contributed by atoms with Crippen LogP contribution in [-0.2, 0) is 0 Å². The molecule has 0 radical (unpaired) electrons. The van der Waals surface area contributed by atoms with Gasteiger partial charge in [0.05, 0.1) is 5.56 Å². The Labute approximate surface area is 204 Å². The molecular formula is C30H29F3O2. The third-order valence-electron chi connectivity index (χ3n) is 6.76. The molecule has 0 amide bonds. The lowest BCUT2D eigenvalue weighted by atomic mass is 9.80. The van der Waals surface area contributed by atoms with Crippen LogP contribution in [0.4, 0.5) is 13.2 Å². The van der Waals surface area contributed by atoms with Crippen molar-refractivity contribution in [3.05, 3.63) is 77.1 Å². The van der Waals surface area contributed by atoms with Gasteiger partial charge in [-0.25, -0.2) is 18.0 Å². The Balaban J connectivity index is 1.37. The van der Waals surface area contributed by atoms with Crippen LogP contribution in [0.2, 0.25) is 0 Å². The van der Waals surface area contributed by atoms with E-state index in [0.717, 1.165) is 24.8 Å². The van der Waals surface area contributed by atoms with E-state index in [-0.39, 0.29) is 16.7 Å². The second-order valence-electron chi connectivity index (χ2n) is 9.31. The highest BCUT2D eigenvalue weighted by Gasteiger charge is 2.20. The summed E-state index contributed by atoms with van der Waals surface area (Å²) < 4.78 is 47.2. The van der Waals surface area contributed by atoms with Crippen molar-refractivity contribution in [3.8, 4) is 17.6 Å². The molecule has 1 aliphatic carbocycles. The van der Waals surface area contributed by atoms with Crippen molar-refractivity contribution in [2.24, 2.45) is 11.8 Å². The highest BCUT2D eigenvalue weighted by atomic mass is 19.2. The normalized spacial score (nSPS) is 17.6. The van der Waals surface area contributed by atoms with Crippen molar-refractivity contribution in [2.75, 3.05) is 0 Å². The van der Waals surface area contributed by atoms with E-state index in [2.05, 4.69) is 18.8 Å². The first-order valence-corrected chi connectivity index (χ1v) is 12.4. The molecule has 3 aromatic carbocycles. The SMILES string of the molecule is CCCCCC1CCC(C#Cc2ccc(C(=O)Oc3ccc4c(F)c(F)ccc4c3)c(F)c2)CC1. The Morgan fingerprint density at radius 2 is 1.74 bits per heavy atom. The van der Waals surface area contributed by atoms with Crippen LogP contribution in [0, 0.1) is 41.1 Å². The summed E-state index contributed by atoms with van der Waals surface area (Å²) in [5.74, 6) is 4.08. The van der Waals surface area contributed by atoms with E-state index in [9.17, 15) is 18.0 Å². The molecule has 5 heteroatoms. The van der Waals surface area contributed by atoms with Gasteiger partial charge in [-0.2, -0.15) is 0 Å². The van der Waals surface area contributed by atoms with Gasteiger partial charge in [0.2, 0.25) is 0 Å². The fourth-order valence-electron chi connectivity index (χ4n) is 4.69. The summed E-state index contributed by atoms with van der Waals surface area (Å²) in [6.07, 6.45) is 9.75. The van der Waals surface area contributed by atoms with Crippen LogP contribution >= 0.6 is 0 Å². The number of hydrogen-bond acceptors (Lipinski definition) is 2. The van der Waals surface area contributed by atoms with E-state index >= 15 is 0 Å². The van der Waals surface area contributed by atoms with Gasteiger partial charge in [0.1, 0.15) is 11.6 Å². The molecule has 4 rings (SSSR count). The molecule has 0 aliphatic heterocycles. The van der Waals surface area contributed by atoms with Crippen LogP contribution in [0.3, 0.4) is 0 Å². The fourth-order valence-corrected chi connectivity index (χ4v) is 4.69. The molecule has 35 heavy (non-hydrogen) atoms. The predicted octanol–water partition coefficient (Wildman–Crippen LogP) is 8.21. The summed E-state index contributed by atoms with van der Waals surface area (Å²) in [6, 6.07) is 10.7. The third kappa shape index (κ3) is 6.25. The quantitative estimate of drug-likeness (QED) is 0.154. The number of hydrogen-bond donors (Lipinski definition) is 0. The minimum atomic E-state index is -0.969. The topological polar surface area (TPSA) is 26.3 Å². The van der Waals surface area contributed by atoms with Crippen molar-refractivity contribution in [2.45, 2.75) is 58.3 Å². The van der Waals surface area contributed by atoms with Crippen molar-refractivity contribution >= 4 is 16.7 Å². The number of fused-ring (bicyclic) bond motifs is 1. The van der Waals surface area contributed by atoms with Crippen LogP contribution in [0.25, 0.3) is 10.8 Å². The van der Waals surface area contributed by atoms with Crippen LogP contribution in [-0.4, -0.2) is 5.97 Å². The number of carbonyl (C=O) groups is 1. The molecule has 0 spiro atoms. The van der Waals surface area contributed by atoms with Gasteiger partial charge < -0.3 is 4.74 Å². The molecule has 1 fully saturated rings. The van der Waals surface area contributed by atoms with Gasteiger partial charge in [-0.15, -0.1) is 0 Å². The monoisotopic (exact) mass is 478 g/mol. The third-order valence-corrected chi connectivity index (χ3v) is 6.76. The maximum absolute atomic E-state index is 14.7. The number of ether oxygens (including phenoxy) is 1. The number of halogens is 3. The highest BCUT2D eigenvalue weighted by molar-refractivity contribution is 5.92. The Kier molecular flexibility index (Phi) is 8.13. The van der Waals surface area contributed by atoms with E-state index in [0.29, 0.717) is 16.9 Å². The average Bonchev–Trinajstić information content (AvgIpc) is 2.86. The van der Waals surface area contributed by atoms with Gasteiger partial charge in [-0.3, -0.25) is 0 Å². The lowest BCUT2D eigenvalue weighted by Gasteiger charge is -2.25. The minimum Gasteiger partial charge on any atom is -0.423 e. The first-order valence-electron chi connectivity index (χ1n) is 12.4. The fraction of sp³-hybridized carbons (Fsp3) is 0.367. The second kappa shape index (κ2) is 11.4. The summed E-state index contributed by atoms with van der Waals surface area (Å²) in [5.41, 5.74) is 0.306. The molecule has 0 saturated heterocycles. The van der Waals surface area contributed by atoms with Gasteiger partial charge in [-0.1, -0.05) is 50.5 Å². The Hall–Kier alpha value is -3.26. The number of benzene rings is 3. The van der Waals surface area contributed by atoms with Crippen molar-refractivity contribution in [3.63, 3.8) is 0 Å². The van der Waals surface area contributed by atoms with Gasteiger partial charge in [0, 0.05) is 16.9 Å². The largest absolute Gasteiger partial charge is 0.423 e. The standard InChI is InChI=1S/C30H29F3O2/c1-2-3-4-5-20-6-8-21(9-7-20)10-11-22-12-15-26(28(32)18-22)30(34)35-24-14-16-25-23(19-24)13-17-27(31)29(25)33/h12-21H,2-9H2,1H3. The van der Waals surface area contributed by atoms with Gasteiger partial charge in [-0.05, 0) is 79.5 Å². The first-order chi connectivity index (χ1) is 16.9. The summed E-state index contributed by atoms with van der Waals surface area (Å²) in [5, 5.41) is 0.444. The minimum absolute atomic E-state index is 0.0730. The molecule has 182 valence electrons. The molecule has 0 aromatic heterocycles. The first kappa shape index (κ1) is 24.9. The molecule has 3 aromatic rings. The maximum atomic E-state index is 14.7. The zero-order valence-electron chi connectivity index (χ0n) is 19.9. The van der Waals surface area contributed by atoms with Gasteiger partial charge in [0.25, 0.3) is 0 Å². The Bertz CT molecular complexity index is 1260. The molecular weight excluding hydrogens is 449 g/mol. The van der Waals surface area contributed by atoms with Crippen LogP contribution < -0.4 is 4.74 Å². The smallest absolute Gasteiger partial charge is 0.346 e. The molecule has 0 N–H and O–H groups in total. The molecule has 0 atom stereocenters. The van der Waals surface area contributed by atoms with Crippen molar-refractivity contribution in [1.29, 1.82) is 0 Å². The molecule has 0 bridgehead atoms. The van der Waals surface area contributed by atoms with E-state index in [1.807, 2.05) is 0 Å². The summed E-state index contributed by atoms with van der Waals surface area (Å²) in [4.78, 5) is 12.5. The summed E-state index contributed by atoms with van der Waals surface area (Å²) >= 11 is 0. The predicted molar refractivity (Wildman–Crippen MR) is 132 cm³/mol. The number of rotatable bonds is 6. The van der Waals surface area contributed by atoms with E-state index in [1.165, 1.54) is 74.9 Å². The Morgan fingerprint density at radius 3 is 2.49 bits per heavy atom.